The van der Waals surface area contributed by atoms with Gasteiger partial charge in [-0.3, -0.25) is 19.3 Å². The molecule has 2 aliphatic rings. The van der Waals surface area contributed by atoms with Gasteiger partial charge in [0.15, 0.2) is 0 Å². The summed E-state index contributed by atoms with van der Waals surface area (Å²) in [5.74, 6) is -0.681. The Hall–Kier alpha value is -1.39. The van der Waals surface area contributed by atoms with Crippen molar-refractivity contribution in [2.75, 3.05) is 6.54 Å². The van der Waals surface area contributed by atoms with Crippen molar-refractivity contribution in [3.63, 3.8) is 0 Å². The summed E-state index contributed by atoms with van der Waals surface area (Å²) in [5, 5.41) is 8.55. The van der Waals surface area contributed by atoms with Crippen molar-refractivity contribution in [3.8, 4) is 0 Å². The van der Waals surface area contributed by atoms with Gasteiger partial charge in [0.05, 0.1) is 11.8 Å². The Bertz CT molecular complexity index is 346. The van der Waals surface area contributed by atoms with Gasteiger partial charge in [0.2, 0.25) is 11.8 Å². The van der Waals surface area contributed by atoms with Crippen LogP contribution in [0.2, 0.25) is 0 Å². The molecule has 1 heterocycles. The monoisotopic (exact) mass is 239 g/mol. The van der Waals surface area contributed by atoms with E-state index in [4.69, 9.17) is 5.11 Å². The molecule has 3 atom stereocenters. The fourth-order valence-corrected chi connectivity index (χ4v) is 2.33. The molecular formula is C12H17NO4. The second kappa shape index (κ2) is 4.47. The third-order valence-electron chi connectivity index (χ3n) is 3.65. The first-order chi connectivity index (χ1) is 8.00. The lowest BCUT2D eigenvalue weighted by Crippen LogP contribution is -2.34. The molecule has 0 aromatic rings. The molecule has 2 amide bonds. The van der Waals surface area contributed by atoms with E-state index < -0.39 is 5.97 Å². The van der Waals surface area contributed by atoms with Gasteiger partial charge in [-0.15, -0.1) is 0 Å². The van der Waals surface area contributed by atoms with Crippen LogP contribution in [-0.2, 0) is 14.4 Å². The Morgan fingerprint density at radius 3 is 2.47 bits per heavy atom. The summed E-state index contributed by atoms with van der Waals surface area (Å²) in [4.78, 5) is 35.0. The van der Waals surface area contributed by atoms with Gasteiger partial charge >= 0.3 is 5.97 Å². The molecule has 0 spiro atoms. The maximum Gasteiger partial charge on any atom is 0.303 e. The topological polar surface area (TPSA) is 74.7 Å². The minimum atomic E-state index is -0.800. The molecule has 1 N–H and O–H groups in total. The number of hydrogen-bond donors (Lipinski definition) is 1. The number of carbonyl (C=O) groups is 3. The van der Waals surface area contributed by atoms with Gasteiger partial charge < -0.3 is 5.11 Å². The highest BCUT2D eigenvalue weighted by atomic mass is 16.4. The molecule has 2 fully saturated rings. The molecule has 0 bridgehead atoms. The van der Waals surface area contributed by atoms with E-state index in [9.17, 15) is 14.4 Å². The van der Waals surface area contributed by atoms with Crippen LogP contribution in [0.1, 0.15) is 32.6 Å². The summed E-state index contributed by atoms with van der Waals surface area (Å²) in [6.45, 7) is 2.40. The fourth-order valence-electron chi connectivity index (χ4n) is 2.33. The molecule has 0 aromatic heterocycles. The number of fused-ring (bicyclic) bond motifs is 1. The average molecular weight is 239 g/mol. The largest absolute Gasteiger partial charge is 0.481 e. The minimum Gasteiger partial charge on any atom is -0.481 e. The van der Waals surface area contributed by atoms with Crippen molar-refractivity contribution in [1.29, 1.82) is 0 Å². The Labute approximate surface area is 99.8 Å². The van der Waals surface area contributed by atoms with Gasteiger partial charge in [0.1, 0.15) is 0 Å². The van der Waals surface area contributed by atoms with E-state index >= 15 is 0 Å². The van der Waals surface area contributed by atoms with Crippen LogP contribution in [0.3, 0.4) is 0 Å². The summed E-state index contributed by atoms with van der Waals surface area (Å²) in [7, 11) is 0. The maximum atomic E-state index is 11.6. The van der Waals surface area contributed by atoms with Crippen molar-refractivity contribution in [1.82, 2.24) is 4.90 Å². The molecule has 1 saturated carbocycles. The second-order valence-corrected chi connectivity index (χ2v) is 5.10. The number of nitrogens with zero attached hydrogens (tertiary/aromatic N) is 1. The molecule has 2 rings (SSSR count). The van der Waals surface area contributed by atoms with Gasteiger partial charge in [-0.25, -0.2) is 0 Å². The predicted molar refractivity (Wildman–Crippen MR) is 59.0 cm³/mol. The third kappa shape index (κ3) is 2.48. The second-order valence-electron chi connectivity index (χ2n) is 5.10. The predicted octanol–water partition coefficient (Wildman–Crippen LogP) is 0.882. The highest BCUT2D eigenvalue weighted by Gasteiger charge is 2.58. The highest BCUT2D eigenvalue weighted by molar-refractivity contribution is 6.08. The smallest absolute Gasteiger partial charge is 0.303 e. The number of amides is 2. The quantitative estimate of drug-likeness (QED) is 0.698. The van der Waals surface area contributed by atoms with Crippen LogP contribution >= 0.6 is 0 Å². The Morgan fingerprint density at radius 2 is 1.94 bits per heavy atom. The number of carboxylic acids is 1. The van der Waals surface area contributed by atoms with E-state index in [2.05, 4.69) is 0 Å². The van der Waals surface area contributed by atoms with E-state index in [1.165, 1.54) is 4.90 Å². The Balaban J connectivity index is 1.73. The lowest BCUT2D eigenvalue weighted by molar-refractivity contribution is -0.142. The molecule has 0 aromatic carbocycles. The van der Waals surface area contributed by atoms with Crippen LogP contribution < -0.4 is 0 Å². The molecule has 17 heavy (non-hydrogen) atoms. The molecule has 1 aliphatic carbocycles. The Morgan fingerprint density at radius 1 is 1.35 bits per heavy atom. The summed E-state index contributed by atoms with van der Waals surface area (Å²) in [5.41, 5.74) is 0. The summed E-state index contributed by atoms with van der Waals surface area (Å²) in [6.07, 6.45) is 2.18. The molecule has 94 valence electrons. The molecular weight excluding hydrogens is 222 g/mol. The maximum absolute atomic E-state index is 11.6. The van der Waals surface area contributed by atoms with Crippen molar-refractivity contribution in [3.05, 3.63) is 0 Å². The van der Waals surface area contributed by atoms with E-state index in [-0.39, 0.29) is 36.0 Å². The lowest BCUT2D eigenvalue weighted by Gasteiger charge is -2.18. The molecule has 5 nitrogen and oxygen atoms in total. The first-order valence-corrected chi connectivity index (χ1v) is 6.07. The van der Waals surface area contributed by atoms with E-state index in [0.29, 0.717) is 19.4 Å². The minimum absolute atomic E-state index is 0.0227. The van der Waals surface area contributed by atoms with E-state index in [0.717, 1.165) is 6.42 Å². The SMILES string of the molecule is CC(CCC(=O)O)CCN1C(=O)C2CC2C1=O. The number of aliphatic carboxylic acids is 1. The number of carboxylic acid groups (broad SMARTS) is 1. The van der Waals surface area contributed by atoms with Crippen LogP contribution in [0.15, 0.2) is 0 Å². The standard InChI is InChI=1S/C12H17NO4/c1-7(2-3-10(14)15)4-5-13-11(16)8-6-9(8)12(13)17/h7-9H,2-6H2,1H3,(H,14,15). The zero-order valence-corrected chi connectivity index (χ0v) is 9.89. The number of rotatable bonds is 6. The molecule has 3 unspecified atom stereocenters. The number of imide groups is 1. The van der Waals surface area contributed by atoms with Crippen LogP contribution in [0.4, 0.5) is 0 Å². The summed E-state index contributed by atoms with van der Waals surface area (Å²) < 4.78 is 0. The highest BCUT2D eigenvalue weighted by Crippen LogP contribution is 2.47. The van der Waals surface area contributed by atoms with Crippen LogP contribution in [0, 0.1) is 17.8 Å². The number of piperidine rings is 1. The lowest BCUT2D eigenvalue weighted by atomic mass is 10.0. The molecule has 5 heteroatoms. The summed E-state index contributed by atoms with van der Waals surface area (Å²) in [6, 6.07) is 0. The zero-order chi connectivity index (χ0) is 12.6. The number of carbonyl (C=O) groups excluding carboxylic acids is 2. The fraction of sp³-hybridized carbons (Fsp3) is 0.750. The first kappa shape index (κ1) is 12.1. The van der Waals surface area contributed by atoms with Crippen molar-refractivity contribution in [2.45, 2.75) is 32.6 Å². The Kier molecular flexibility index (Phi) is 3.17. The average Bonchev–Trinajstić information content (AvgIpc) is 3.01. The molecule has 0 radical (unpaired) electrons. The van der Waals surface area contributed by atoms with Gasteiger partial charge in [-0.2, -0.15) is 0 Å². The number of hydrogen-bond acceptors (Lipinski definition) is 3. The van der Waals surface area contributed by atoms with Crippen molar-refractivity contribution >= 4 is 17.8 Å². The normalized spacial score (nSPS) is 28.2. The molecule has 1 saturated heterocycles. The number of likely N-dealkylation sites (tertiary alicyclic amines) is 1. The van der Waals surface area contributed by atoms with Crippen LogP contribution in [-0.4, -0.2) is 34.3 Å². The van der Waals surface area contributed by atoms with Crippen LogP contribution in [0.5, 0.6) is 0 Å². The molecule has 1 aliphatic heterocycles. The van der Waals surface area contributed by atoms with E-state index in [1.54, 1.807) is 0 Å². The van der Waals surface area contributed by atoms with Gasteiger partial charge in [0.25, 0.3) is 0 Å². The first-order valence-electron chi connectivity index (χ1n) is 6.07. The summed E-state index contributed by atoms with van der Waals surface area (Å²) >= 11 is 0. The third-order valence-corrected chi connectivity index (χ3v) is 3.65. The van der Waals surface area contributed by atoms with Gasteiger partial charge in [-0.05, 0) is 25.2 Å². The van der Waals surface area contributed by atoms with Crippen molar-refractivity contribution < 1.29 is 19.5 Å². The van der Waals surface area contributed by atoms with Gasteiger partial charge in [0, 0.05) is 13.0 Å². The van der Waals surface area contributed by atoms with Gasteiger partial charge in [-0.1, -0.05) is 6.92 Å². The zero-order valence-electron chi connectivity index (χ0n) is 9.89. The van der Waals surface area contributed by atoms with E-state index in [1.807, 2.05) is 6.92 Å². The van der Waals surface area contributed by atoms with Crippen molar-refractivity contribution in [2.24, 2.45) is 17.8 Å². The van der Waals surface area contributed by atoms with Crippen LogP contribution in [0.25, 0.3) is 0 Å².